The number of hydrogen-bond donors (Lipinski definition) is 2. The van der Waals surface area contributed by atoms with E-state index in [-0.39, 0.29) is 33.8 Å². The largest absolute Gasteiger partial charge is 0.507 e. The summed E-state index contributed by atoms with van der Waals surface area (Å²) in [5.41, 5.74) is 6.49. The van der Waals surface area contributed by atoms with Crippen LogP contribution in [0.3, 0.4) is 0 Å². The number of phenolic OH excluding ortho intramolecular Hbond substituents is 1. The van der Waals surface area contributed by atoms with E-state index in [1.807, 2.05) is 6.92 Å². The van der Waals surface area contributed by atoms with Crippen LogP contribution in [-0.2, 0) is 21.0 Å². The lowest BCUT2D eigenvalue weighted by atomic mass is 10.1. The minimum Gasteiger partial charge on any atom is -0.507 e. The van der Waals surface area contributed by atoms with E-state index in [4.69, 9.17) is 10.5 Å². The Kier molecular flexibility index (Phi) is 5.81. The highest BCUT2D eigenvalue weighted by atomic mass is 32.2. The molecule has 2 aromatic carbocycles. The van der Waals surface area contributed by atoms with E-state index in [2.05, 4.69) is 0 Å². The molecule has 1 atom stereocenters. The normalized spacial score (nSPS) is 12.6. The van der Waals surface area contributed by atoms with Crippen molar-refractivity contribution < 1.29 is 23.1 Å². The summed E-state index contributed by atoms with van der Waals surface area (Å²) >= 11 is 0. The minimum atomic E-state index is -3.82. The van der Waals surface area contributed by atoms with Gasteiger partial charge in [-0.1, -0.05) is 12.1 Å². The van der Waals surface area contributed by atoms with Crippen molar-refractivity contribution in [2.45, 2.75) is 36.1 Å². The van der Waals surface area contributed by atoms with Crippen molar-refractivity contribution in [2.75, 3.05) is 6.61 Å². The summed E-state index contributed by atoms with van der Waals surface area (Å²) in [6.45, 7) is 3.62. The first-order valence-corrected chi connectivity index (χ1v) is 9.33. The van der Waals surface area contributed by atoms with Crippen LogP contribution in [0.4, 0.5) is 0 Å². The molecule has 0 amide bonds. The van der Waals surface area contributed by atoms with Gasteiger partial charge in [-0.05, 0) is 56.2 Å². The number of carbonyl (C=O) groups excluding carboxylic acids is 1. The number of aromatic hydroxyl groups is 1. The molecule has 0 fully saturated rings. The third-order valence-corrected chi connectivity index (χ3v) is 5.33. The molecule has 0 aliphatic carbocycles. The van der Waals surface area contributed by atoms with Crippen LogP contribution in [0.5, 0.6) is 5.75 Å². The molecule has 0 saturated carbocycles. The topological polar surface area (TPSA) is 107 Å². The molecule has 2 rings (SSSR count). The second-order valence-corrected chi connectivity index (χ2v) is 7.68. The lowest BCUT2D eigenvalue weighted by Gasteiger charge is -2.10. The van der Waals surface area contributed by atoms with Gasteiger partial charge < -0.3 is 15.6 Å². The predicted octanol–water partition coefficient (Wildman–Crippen LogP) is 2.29. The third-order valence-electron chi connectivity index (χ3n) is 3.56. The number of esters is 1. The molecule has 0 saturated heterocycles. The highest BCUT2D eigenvalue weighted by Gasteiger charge is 2.22. The Balaban J connectivity index is 2.39. The Morgan fingerprint density at radius 2 is 1.76 bits per heavy atom. The summed E-state index contributed by atoms with van der Waals surface area (Å²) < 4.78 is 30.3. The maximum Gasteiger partial charge on any atom is 0.341 e. The molecule has 0 bridgehead atoms. The second kappa shape index (κ2) is 7.67. The third kappa shape index (κ3) is 4.37. The van der Waals surface area contributed by atoms with Crippen molar-refractivity contribution >= 4 is 15.8 Å². The molecule has 25 heavy (non-hydrogen) atoms. The number of sulfone groups is 1. The number of rotatable bonds is 6. The van der Waals surface area contributed by atoms with Gasteiger partial charge >= 0.3 is 5.97 Å². The zero-order chi connectivity index (χ0) is 18.6. The van der Waals surface area contributed by atoms with Gasteiger partial charge in [0, 0.05) is 6.04 Å². The lowest BCUT2D eigenvalue weighted by Crippen LogP contribution is -2.17. The fraction of sp³-hybridized carbons (Fsp3) is 0.278. The van der Waals surface area contributed by atoms with Crippen LogP contribution < -0.4 is 5.73 Å². The first kappa shape index (κ1) is 19.0. The summed E-state index contributed by atoms with van der Waals surface area (Å²) in [6.07, 6.45) is 0.645. The van der Waals surface area contributed by atoms with E-state index in [0.717, 1.165) is 11.6 Å². The molecule has 0 aromatic heterocycles. The molecule has 3 N–H and O–H groups in total. The van der Waals surface area contributed by atoms with Gasteiger partial charge in [0.2, 0.25) is 9.84 Å². The first-order valence-electron chi connectivity index (χ1n) is 7.85. The van der Waals surface area contributed by atoms with Gasteiger partial charge in [-0.3, -0.25) is 0 Å². The van der Waals surface area contributed by atoms with Crippen LogP contribution in [-0.4, -0.2) is 32.1 Å². The molecule has 0 spiro atoms. The van der Waals surface area contributed by atoms with E-state index in [1.165, 1.54) is 24.3 Å². The Bertz CT molecular complexity index is 858. The molecular weight excluding hydrogens is 342 g/mol. The van der Waals surface area contributed by atoms with Crippen molar-refractivity contribution in [1.29, 1.82) is 0 Å². The van der Waals surface area contributed by atoms with Crippen LogP contribution in [0.25, 0.3) is 0 Å². The van der Waals surface area contributed by atoms with Crippen LogP contribution in [0.15, 0.2) is 52.3 Å². The summed E-state index contributed by atoms with van der Waals surface area (Å²) in [7, 11) is -3.82. The molecular formula is C18H21NO5S. The maximum atomic E-state index is 12.8. The van der Waals surface area contributed by atoms with Crippen molar-refractivity contribution in [1.82, 2.24) is 0 Å². The Labute approximate surface area is 147 Å². The summed E-state index contributed by atoms with van der Waals surface area (Å²) in [5, 5.41) is 9.78. The SMILES string of the molecule is CCOC(=O)c1cc(S(=O)(=O)c2ccc(CC(C)N)cc2)ccc1O. The van der Waals surface area contributed by atoms with E-state index in [1.54, 1.807) is 19.1 Å². The van der Waals surface area contributed by atoms with Gasteiger partial charge in [-0.2, -0.15) is 0 Å². The van der Waals surface area contributed by atoms with Gasteiger partial charge in [0.1, 0.15) is 11.3 Å². The molecule has 7 heteroatoms. The number of carbonyl (C=O) groups is 1. The van der Waals surface area contributed by atoms with Crippen LogP contribution in [0, 0.1) is 0 Å². The zero-order valence-corrected chi connectivity index (χ0v) is 14.9. The van der Waals surface area contributed by atoms with Crippen molar-refractivity contribution in [3.63, 3.8) is 0 Å². The maximum absolute atomic E-state index is 12.8. The Morgan fingerprint density at radius 1 is 1.16 bits per heavy atom. The second-order valence-electron chi connectivity index (χ2n) is 5.73. The molecule has 0 aliphatic heterocycles. The monoisotopic (exact) mass is 363 g/mol. The number of nitrogens with two attached hydrogens (primary N) is 1. The summed E-state index contributed by atoms with van der Waals surface area (Å²) in [4.78, 5) is 11.8. The van der Waals surface area contributed by atoms with Gasteiger partial charge in [-0.25, -0.2) is 13.2 Å². The van der Waals surface area contributed by atoms with E-state index < -0.39 is 15.8 Å². The predicted molar refractivity (Wildman–Crippen MR) is 93.3 cm³/mol. The highest BCUT2D eigenvalue weighted by molar-refractivity contribution is 7.91. The standard InChI is InChI=1S/C18H21NO5S/c1-3-24-18(21)16-11-15(8-9-17(16)20)25(22,23)14-6-4-13(5-7-14)10-12(2)19/h4-9,11-12,20H,3,10,19H2,1-2H3. The van der Waals surface area contributed by atoms with E-state index >= 15 is 0 Å². The van der Waals surface area contributed by atoms with Crippen LogP contribution in [0.2, 0.25) is 0 Å². The van der Waals surface area contributed by atoms with E-state index in [0.29, 0.717) is 6.42 Å². The van der Waals surface area contributed by atoms with Gasteiger partial charge in [0.15, 0.2) is 0 Å². The average Bonchev–Trinajstić information content (AvgIpc) is 2.55. The number of ether oxygens (including phenoxy) is 1. The van der Waals surface area contributed by atoms with Crippen molar-refractivity contribution in [2.24, 2.45) is 5.73 Å². The quantitative estimate of drug-likeness (QED) is 0.763. The molecule has 6 nitrogen and oxygen atoms in total. The fourth-order valence-corrected chi connectivity index (χ4v) is 3.65. The molecule has 0 aliphatic rings. The minimum absolute atomic E-state index is 0.0216. The van der Waals surface area contributed by atoms with Crippen LogP contribution >= 0.6 is 0 Å². The molecule has 2 aromatic rings. The highest BCUT2D eigenvalue weighted by Crippen LogP contribution is 2.27. The van der Waals surface area contributed by atoms with Crippen molar-refractivity contribution in [3.05, 3.63) is 53.6 Å². The summed E-state index contributed by atoms with van der Waals surface area (Å²) in [6, 6.07) is 9.96. The Hall–Kier alpha value is -2.38. The average molecular weight is 363 g/mol. The lowest BCUT2D eigenvalue weighted by molar-refractivity contribution is 0.0522. The Morgan fingerprint density at radius 3 is 2.32 bits per heavy atom. The van der Waals surface area contributed by atoms with Gasteiger partial charge in [0.05, 0.1) is 16.4 Å². The van der Waals surface area contributed by atoms with Crippen LogP contribution in [0.1, 0.15) is 29.8 Å². The zero-order valence-electron chi connectivity index (χ0n) is 14.1. The van der Waals surface area contributed by atoms with Gasteiger partial charge in [0.25, 0.3) is 0 Å². The summed E-state index contributed by atoms with van der Waals surface area (Å²) in [5.74, 6) is -1.10. The van der Waals surface area contributed by atoms with E-state index in [9.17, 15) is 18.3 Å². The van der Waals surface area contributed by atoms with Gasteiger partial charge in [-0.15, -0.1) is 0 Å². The molecule has 0 radical (unpaired) electrons. The number of phenols is 1. The first-order chi connectivity index (χ1) is 11.8. The number of benzene rings is 2. The number of hydrogen-bond acceptors (Lipinski definition) is 6. The molecule has 134 valence electrons. The molecule has 0 heterocycles. The smallest absolute Gasteiger partial charge is 0.341 e. The fourth-order valence-electron chi connectivity index (χ4n) is 2.37. The van der Waals surface area contributed by atoms with Crippen molar-refractivity contribution in [3.8, 4) is 5.75 Å². The molecule has 1 unspecified atom stereocenters.